The van der Waals surface area contributed by atoms with Crippen LogP contribution in [0.25, 0.3) is 0 Å². The summed E-state index contributed by atoms with van der Waals surface area (Å²) in [5.74, 6) is 0. The second-order valence-electron chi connectivity index (χ2n) is 2.70. The third kappa shape index (κ3) is 15.0. The summed E-state index contributed by atoms with van der Waals surface area (Å²) in [5.41, 5.74) is 0.834. The van der Waals surface area contributed by atoms with Crippen LogP contribution in [0.2, 0.25) is 0 Å². The lowest BCUT2D eigenvalue weighted by molar-refractivity contribution is -0.126. The normalized spacial score (nSPS) is 11.8. The average molecular weight is 250 g/mol. The van der Waals surface area contributed by atoms with Crippen molar-refractivity contribution in [1.82, 2.24) is 0 Å². The van der Waals surface area contributed by atoms with E-state index < -0.39 is 12.6 Å². The van der Waals surface area contributed by atoms with E-state index in [1.807, 2.05) is 27.7 Å². The smallest absolute Gasteiger partial charge is 0.171 e. The van der Waals surface area contributed by atoms with Gasteiger partial charge in [-0.3, -0.25) is 0 Å². The van der Waals surface area contributed by atoms with Gasteiger partial charge in [-0.25, -0.2) is 0 Å². The molecule has 17 heavy (non-hydrogen) atoms. The monoisotopic (exact) mass is 250 g/mol. The number of hydrogen-bond acceptors (Lipinski definition) is 0. The second-order valence-corrected chi connectivity index (χ2v) is 2.70. The van der Waals surface area contributed by atoms with E-state index in [2.05, 4.69) is 6.58 Å². The standard InChI is InChI=1S/C10H13F3.2C2H6/c1-4-6-8(3)9(5-2)7-10(11,12)13;2*1-2/h4-6H,2,7H2,1,3H3;2*1-2H3/b6-4-,9-8+;;. The Balaban J connectivity index is -0.000000439. The van der Waals surface area contributed by atoms with Gasteiger partial charge >= 0.3 is 6.18 Å². The Morgan fingerprint density at radius 2 is 1.53 bits per heavy atom. The number of rotatable bonds is 3. The van der Waals surface area contributed by atoms with E-state index >= 15 is 0 Å². The van der Waals surface area contributed by atoms with Crippen molar-refractivity contribution in [2.24, 2.45) is 0 Å². The van der Waals surface area contributed by atoms with Crippen molar-refractivity contribution >= 4 is 0 Å². The van der Waals surface area contributed by atoms with Crippen LogP contribution in [0, 0.1) is 0 Å². The van der Waals surface area contributed by atoms with Crippen LogP contribution in [0.4, 0.5) is 13.2 Å². The molecule has 0 aliphatic heterocycles. The SMILES string of the molecule is C=C/C(CC(F)(F)F)=C(C)\C=C/C.CC.CC. The molecule has 0 rings (SSSR count). The van der Waals surface area contributed by atoms with Gasteiger partial charge in [0.15, 0.2) is 0 Å². The molecule has 0 nitrogen and oxygen atoms in total. The van der Waals surface area contributed by atoms with Crippen molar-refractivity contribution < 1.29 is 13.2 Å². The third-order valence-corrected chi connectivity index (χ3v) is 1.56. The van der Waals surface area contributed by atoms with Crippen LogP contribution in [0.1, 0.15) is 48.0 Å². The first-order chi connectivity index (χ1) is 7.90. The summed E-state index contributed by atoms with van der Waals surface area (Å²) in [5, 5.41) is 0. The first-order valence-electron chi connectivity index (χ1n) is 5.92. The Bertz CT molecular complexity index is 232. The van der Waals surface area contributed by atoms with Crippen molar-refractivity contribution in [2.45, 2.75) is 54.1 Å². The fourth-order valence-corrected chi connectivity index (χ4v) is 0.946. The fraction of sp³-hybridized carbons (Fsp3) is 0.571. The molecule has 0 fully saturated rings. The van der Waals surface area contributed by atoms with Gasteiger partial charge in [-0.15, -0.1) is 0 Å². The minimum Gasteiger partial charge on any atom is -0.171 e. The molecule has 0 bridgehead atoms. The molecule has 0 saturated heterocycles. The summed E-state index contributed by atoms with van der Waals surface area (Å²) in [4.78, 5) is 0. The van der Waals surface area contributed by atoms with Crippen molar-refractivity contribution in [1.29, 1.82) is 0 Å². The molecule has 0 radical (unpaired) electrons. The topological polar surface area (TPSA) is 0 Å². The highest BCUT2D eigenvalue weighted by Gasteiger charge is 2.28. The maximum Gasteiger partial charge on any atom is 0.393 e. The highest BCUT2D eigenvalue weighted by molar-refractivity contribution is 5.31. The molecular weight excluding hydrogens is 225 g/mol. The number of allylic oxidation sites excluding steroid dienone is 5. The molecule has 0 aromatic carbocycles. The first kappa shape index (κ1) is 21.3. The van der Waals surface area contributed by atoms with Crippen LogP contribution < -0.4 is 0 Å². The highest BCUT2D eigenvalue weighted by Crippen LogP contribution is 2.26. The van der Waals surface area contributed by atoms with E-state index in [1.165, 1.54) is 6.08 Å². The number of halogens is 3. The van der Waals surface area contributed by atoms with Gasteiger partial charge in [-0.05, 0) is 25.0 Å². The summed E-state index contributed by atoms with van der Waals surface area (Å²) < 4.78 is 36.0. The van der Waals surface area contributed by atoms with Gasteiger partial charge < -0.3 is 0 Å². The summed E-state index contributed by atoms with van der Waals surface area (Å²) in [7, 11) is 0. The van der Waals surface area contributed by atoms with E-state index in [0.717, 1.165) is 0 Å². The second kappa shape index (κ2) is 13.1. The minimum atomic E-state index is -4.16. The van der Waals surface area contributed by atoms with Crippen molar-refractivity contribution in [3.05, 3.63) is 36.0 Å². The maximum atomic E-state index is 12.0. The van der Waals surface area contributed by atoms with Crippen LogP contribution in [0.15, 0.2) is 36.0 Å². The lowest BCUT2D eigenvalue weighted by Gasteiger charge is -2.08. The van der Waals surface area contributed by atoms with Crippen LogP contribution in [0.5, 0.6) is 0 Å². The van der Waals surface area contributed by atoms with Crippen molar-refractivity contribution in [3.63, 3.8) is 0 Å². The lowest BCUT2D eigenvalue weighted by atomic mass is 10.1. The number of alkyl halides is 3. The molecule has 0 saturated carbocycles. The van der Waals surface area contributed by atoms with Gasteiger partial charge in [0.25, 0.3) is 0 Å². The fourth-order valence-electron chi connectivity index (χ4n) is 0.946. The molecule has 0 spiro atoms. The molecule has 0 aliphatic rings. The van der Waals surface area contributed by atoms with Crippen molar-refractivity contribution in [2.75, 3.05) is 0 Å². The van der Waals surface area contributed by atoms with Gasteiger partial charge in [0, 0.05) is 0 Å². The molecule has 0 aromatic heterocycles. The molecule has 0 aromatic rings. The van der Waals surface area contributed by atoms with Crippen LogP contribution in [-0.4, -0.2) is 6.18 Å². The predicted octanol–water partition coefficient (Wildman–Crippen LogP) is 6.07. The van der Waals surface area contributed by atoms with Gasteiger partial charge in [0.05, 0.1) is 6.42 Å². The van der Waals surface area contributed by atoms with Gasteiger partial charge in [0.1, 0.15) is 0 Å². The van der Waals surface area contributed by atoms with E-state index in [9.17, 15) is 13.2 Å². The average Bonchev–Trinajstić information content (AvgIpc) is 2.30. The van der Waals surface area contributed by atoms with E-state index in [-0.39, 0.29) is 5.57 Å². The molecule has 0 N–H and O–H groups in total. The molecular formula is C14H25F3. The molecule has 0 heterocycles. The Morgan fingerprint density at radius 1 is 1.12 bits per heavy atom. The van der Waals surface area contributed by atoms with Gasteiger partial charge in [0.2, 0.25) is 0 Å². The Morgan fingerprint density at radius 3 is 1.76 bits per heavy atom. The van der Waals surface area contributed by atoms with E-state index in [0.29, 0.717) is 5.57 Å². The summed E-state index contributed by atoms with van der Waals surface area (Å²) in [6, 6.07) is 0. The van der Waals surface area contributed by atoms with Crippen LogP contribution in [0.3, 0.4) is 0 Å². The molecule has 0 amide bonds. The molecule has 3 heteroatoms. The molecule has 0 aliphatic carbocycles. The summed E-state index contributed by atoms with van der Waals surface area (Å²) in [6.45, 7) is 14.8. The van der Waals surface area contributed by atoms with Crippen molar-refractivity contribution in [3.8, 4) is 0 Å². The predicted molar refractivity (Wildman–Crippen MR) is 71.1 cm³/mol. The Hall–Kier alpha value is -0.990. The zero-order chi connectivity index (χ0) is 14.5. The van der Waals surface area contributed by atoms with Crippen LogP contribution in [-0.2, 0) is 0 Å². The number of hydrogen-bond donors (Lipinski definition) is 0. The van der Waals surface area contributed by atoms with Gasteiger partial charge in [-0.1, -0.05) is 52.5 Å². The Kier molecular flexibility index (Phi) is 16.4. The highest BCUT2D eigenvalue weighted by atomic mass is 19.4. The molecule has 0 unspecified atom stereocenters. The molecule has 0 atom stereocenters. The van der Waals surface area contributed by atoms with Gasteiger partial charge in [-0.2, -0.15) is 13.2 Å². The zero-order valence-electron chi connectivity index (χ0n) is 11.8. The summed E-state index contributed by atoms with van der Waals surface area (Å²) in [6.07, 6.45) is -0.472. The quantitative estimate of drug-likeness (QED) is 0.533. The minimum absolute atomic E-state index is 0.227. The zero-order valence-corrected chi connectivity index (χ0v) is 11.8. The third-order valence-electron chi connectivity index (χ3n) is 1.56. The first-order valence-corrected chi connectivity index (χ1v) is 5.92. The Labute approximate surface area is 104 Å². The molecule has 102 valence electrons. The van der Waals surface area contributed by atoms with E-state index in [1.54, 1.807) is 26.0 Å². The maximum absolute atomic E-state index is 12.0. The summed E-state index contributed by atoms with van der Waals surface area (Å²) >= 11 is 0. The largest absolute Gasteiger partial charge is 0.393 e. The lowest BCUT2D eigenvalue weighted by Crippen LogP contribution is -2.08. The van der Waals surface area contributed by atoms with Crippen LogP contribution >= 0.6 is 0 Å². The van der Waals surface area contributed by atoms with E-state index in [4.69, 9.17) is 0 Å².